The Morgan fingerprint density at radius 1 is 1.07 bits per heavy atom. The first-order chi connectivity index (χ1) is 13.7. The first-order valence-electron chi connectivity index (χ1n) is 10.6. The molecule has 1 aliphatic heterocycles. The molecule has 2 fully saturated rings. The Hall–Kier alpha value is -1.91. The van der Waals surface area contributed by atoms with Crippen molar-refractivity contribution in [1.29, 1.82) is 0 Å². The molecule has 2 aromatic rings. The predicted octanol–water partition coefficient (Wildman–Crippen LogP) is 4.98. The summed E-state index contributed by atoms with van der Waals surface area (Å²) in [6.45, 7) is 0.605. The van der Waals surface area contributed by atoms with E-state index in [-0.39, 0.29) is 11.9 Å². The summed E-state index contributed by atoms with van der Waals surface area (Å²) in [5, 5.41) is 7.70. The zero-order chi connectivity index (χ0) is 19.3. The fraction of sp³-hybridized carbons (Fsp3) is 0.500. The van der Waals surface area contributed by atoms with E-state index in [9.17, 15) is 4.39 Å². The molecule has 3 nitrogen and oxygen atoms in total. The van der Waals surface area contributed by atoms with Crippen LogP contribution >= 0.6 is 0 Å². The van der Waals surface area contributed by atoms with E-state index in [0.29, 0.717) is 18.6 Å². The van der Waals surface area contributed by atoms with Crippen LogP contribution in [0.1, 0.15) is 55.7 Å². The first-order valence-corrected chi connectivity index (χ1v) is 10.6. The van der Waals surface area contributed by atoms with Gasteiger partial charge in [-0.3, -0.25) is 0 Å². The molecule has 1 saturated carbocycles. The molecule has 4 heteroatoms. The van der Waals surface area contributed by atoms with Crippen molar-refractivity contribution < 1.29 is 9.13 Å². The lowest BCUT2D eigenvalue weighted by molar-refractivity contribution is 0.172. The van der Waals surface area contributed by atoms with Gasteiger partial charge in [0.05, 0.1) is 7.11 Å². The molecule has 0 bridgehead atoms. The molecule has 4 atom stereocenters. The Balaban J connectivity index is 1.54. The van der Waals surface area contributed by atoms with Gasteiger partial charge in [-0.25, -0.2) is 4.39 Å². The maximum absolute atomic E-state index is 13.8. The van der Waals surface area contributed by atoms with Gasteiger partial charge in [0.1, 0.15) is 11.6 Å². The molecule has 1 saturated heterocycles. The minimum absolute atomic E-state index is 0.220. The van der Waals surface area contributed by atoms with Gasteiger partial charge in [-0.1, -0.05) is 49.6 Å². The van der Waals surface area contributed by atoms with Crippen LogP contribution in [0.25, 0.3) is 0 Å². The Bertz CT molecular complexity index is 766. The third kappa shape index (κ3) is 4.39. The summed E-state index contributed by atoms with van der Waals surface area (Å²) in [6.07, 6.45) is 7.76. The van der Waals surface area contributed by atoms with Crippen LogP contribution in [0.2, 0.25) is 0 Å². The van der Waals surface area contributed by atoms with Crippen LogP contribution in [0.15, 0.2) is 48.5 Å². The summed E-state index contributed by atoms with van der Waals surface area (Å²) in [5.41, 5.74) is 2.20. The molecule has 1 aliphatic carbocycles. The second-order valence-corrected chi connectivity index (χ2v) is 8.24. The van der Waals surface area contributed by atoms with Crippen molar-refractivity contribution in [2.45, 2.75) is 63.2 Å². The SMILES string of the molecule is COc1ccc(F)cc1CNC1CC2CCCCCC2NC1c1ccccc1. The third-order valence-corrected chi connectivity index (χ3v) is 6.47. The van der Waals surface area contributed by atoms with E-state index in [4.69, 9.17) is 4.74 Å². The van der Waals surface area contributed by atoms with Crippen molar-refractivity contribution in [1.82, 2.24) is 10.6 Å². The summed E-state index contributed by atoms with van der Waals surface area (Å²) in [6, 6.07) is 16.7. The highest BCUT2D eigenvalue weighted by atomic mass is 19.1. The van der Waals surface area contributed by atoms with Crippen molar-refractivity contribution in [2.24, 2.45) is 5.92 Å². The largest absolute Gasteiger partial charge is 0.496 e. The zero-order valence-corrected chi connectivity index (χ0v) is 16.7. The summed E-state index contributed by atoms with van der Waals surface area (Å²) in [5.74, 6) is 1.23. The Morgan fingerprint density at radius 3 is 2.71 bits per heavy atom. The molecule has 28 heavy (non-hydrogen) atoms. The van der Waals surface area contributed by atoms with E-state index in [2.05, 4.69) is 41.0 Å². The second-order valence-electron chi connectivity index (χ2n) is 8.24. The highest BCUT2D eigenvalue weighted by Crippen LogP contribution is 2.36. The van der Waals surface area contributed by atoms with Crippen LogP contribution in [-0.4, -0.2) is 19.2 Å². The van der Waals surface area contributed by atoms with Gasteiger partial charge in [-0.15, -0.1) is 0 Å². The standard InChI is InChI=1S/C24H31FN2O/c1-28-23-13-12-20(25)14-19(23)16-26-22-15-18-10-6-3-7-11-21(18)27-24(22)17-8-4-2-5-9-17/h2,4-5,8-9,12-14,18,21-22,24,26-27H,3,6-7,10-11,15-16H2,1H3. The number of ether oxygens (including phenoxy) is 1. The van der Waals surface area contributed by atoms with Crippen molar-refractivity contribution >= 4 is 0 Å². The average molecular weight is 383 g/mol. The van der Waals surface area contributed by atoms with Crippen molar-refractivity contribution in [3.05, 3.63) is 65.5 Å². The van der Waals surface area contributed by atoms with E-state index in [1.807, 2.05) is 0 Å². The Kier molecular flexibility index (Phi) is 6.28. The van der Waals surface area contributed by atoms with Crippen LogP contribution in [-0.2, 0) is 6.54 Å². The predicted molar refractivity (Wildman–Crippen MR) is 111 cm³/mol. The fourth-order valence-electron chi connectivity index (χ4n) is 5.01. The summed E-state index contributed by atoms with van der Waals surface area (Å²) in [4.78, 5) is 0. The number of rotatable bonds is 5. The number of halogens is 1. The number of nitrogens with one attached hydrogen (secondary N) is 2. The van der Waals surface area contributed by atoms with Crippen molar-refractivity contribution in [2.75, 3.05) is 7.11 Å². The van der Waals surface area contributed by atoms with E-state index in [0.717, 1.165) is 23.7 Å². The highest BCUT2D eigenvalue weighted by molar-refractivity contribution is 5.34. The van der Waals surface area contributed by atoms with Crippen molar-refractivity contribution in [3.8, 4) is 5.75 Å². The lowest BCUT2D eigenvalue weighted by Crippen LogP contribution is -2.54. The molecule has 0 spiro atoms. The molecule has 4 rings (SSSR count). The highest BCUT2D eigenvalue weighted by Gasteiger charge is 2.37. The van der Waals surface area contributed by atoms with Gasteiger partial charge in [-0.05, 0) is 48.9 Å². The second kappa shape index (κ2) is 9.06. The fourth-order valence-corrected chi connectivity index (χ4v) is 5.01. The Labute approximate surface area is 167 Å². The maximum atomic E-state index is 13.8. The number of piperidine rings is 1. The topological polar surface area (TPSA) is 33.3 Å². The zero-order valence-electron chi connectivity index (χ0n) is 16.7. The molecule has 2 N–H and O–H groups in total. The molecule has 150 valence electrons. The lowest BCUT2D eigenvalue weighted by Gasteiger charge is -2.43. The number of hydrogen-bond donors (Lipinski definition) is 2. The van der Waals surface area contributed by atoms with Gasteiger partial charge >= 0.3 is 0 Å². The summed E-state index contributed by atoms with van der Waals surface area (Å²) < 4.78 is 19.2. The molecule has 1 heterocycles. The van der Waals surface area contributed by atoms with Crippen LogP contribution < -0.4 is 15.4 Å². The molecule has 0 aromatic heterocycles. The molecule has 0 radical (unpaired) electrons. The van der Waals surface area contributed by atoms with Crippen molar-refractivity contribution in [3.63, 3.8) is 0 Å². The van der Waals surface area contributed by atoms with Gasteiger partial charge in [0.25, 0.3) is 0 Å². The smallest absolute Gasteiger partial charge is 0.123 e. The number of hydrogen-bond acceptors (Lipinski definition) is 3. The van der Waals surface area contributed by atoms with E-state index < -0.39 is 0 Å². The first kappa shape index (κ1) is 19.4. The average Bonchev–Trinajstić information content (AvgIpc) is 2.97. The van der Waals surface area contributed by atoms with Crippen LogP contribution in [0, 0.1) is 11.7 Å². The minimum Gasteiger partial charge on any atom is -0.496 e. The van der Waals surface area contributed by atoms with E-state index in [1.165, 1.54) is 43.7 Å². The number of benzene rings is 2. The van der Waals surface area contributed by atoms with Gasteiger partial charge in [0, 0.05) is 30.2 Å². The quantitative estimate of drug-likeness (QED) is 0.765. The molecule has 0 amide bonds. The molecule has 2 aromatic carbocycles. The van der Waals surface area contributed by atoms with Gasteiger partial charge in [0.2, 0.25) is 0 Å². The van der Waals surface area contributed by atoms with E-state index in [1.54, 1.807) is 19.2 Å². The molecular weight excluding hydrogens is 351 g/mol. The summed E-state index contributed by atoms with van der Waals surface area (Å²) >= 11 is 0. The van der Waals surface area contributed by atoms with Crippen LogP contribution in [0.3, 0.4) is 0 Å². The number of fused-ring (bicyclic) bond motifs is 1. The number of methoxy groups -OCH3 is 1. The lowest BCUT2D eigenvalue weighted by atomic mass is 9.79. The Morgan fingerprint density at radius 2 is 1.89 bits per heavy atom. The minimum atomic E-state index is -0.220. The van der Waals surface area contributed by atoms with Gasteiger partial charge < -0.3 is 15.4 Å². The van der Waals surface area contributed by atoms with Gasteiger partial charge in [-0.2, -0.15) is 0 Å². The summed E-state index contributed by atoms with van der Waals surface area (Å²) in [7, 11) is 1.64. The molecule has 4 unspecified atom stereocenters. The van der Waals surface area contributed by atoms with E-state index >= 15 is 0 Å². The molecular formula is C24H31FN2O. The van der Waals surface area contributed by atoms with Crippen LogP contribution in [0.5, 0.6) is 5.75 Å². The maximum Gasteiger partial charge on any atom is 0.123 e. The monoisotopic (exact) mass is 382 g/mol. The third-order valence-electron chi connectivity index (χ3n) is 6.47. The van der Waals surface area contributed by atoms with Crippen LogP contribution in [0.4, 0.5) is 4.39 Å². The molecule has 2 aliphatic rings. The van der Waals surface area contributed by atoms with Gasteiger partial charge in [0.15, 0.2) is 0 Å². The normalized spacial score (nSPS) is 27.6.